The number of nitrogens with one attached hydrogen (secondary N) is 2. The number of sulfonamides is 1. The average Bonchev–Trinajstić information content (AvgIpc) is 3.51. The highest BCUT2D eigenvalue weighted by atomic mass is 32.2. The molecule has 1 aromatic carbocycles. The van der Waals surface area contributed by atoms with Crippen molar-refractivity contribution in [2.75, 3.05) is 0 Å². The first-order valence-corrected chi connectivity index (χ1v) is 10.5. The summed E-state index contributed by atoms with van der Waals surface area (Å²) in [6, 6.07) is 7.46. The van der Waals surface area contributed by atoms with Gasteiger partial charge in [0, 0.05) is 18.4 Å². The van der Waals surface area contributed by atoms with Gasteiger partial charge in [-0.05, 0) is 31.0 Å². The summed E-state index contributed by atoms with van der Waals surface area (Å²) in [5.41, 5.74) is -0.142. The normalized spacial score (nSPS) is 14.5. The van der Waals surface area contributed by atoms with E-state index in [4.69, 9.17) is 9.84 Å². The minimum atomic E-state index is -3.84. The topological polar surface area (TPSA) is 152 Å². The molecular formula is C19H19N3O7S. The molecule has 0 radical (unpaired) electrons. The van der Waals surface area contributed by atoms with Gasteiger partial charge in [0.15, 0.2) is 0 Å². The van der Waals surface area contributed by atoms with E-state index in [1.807, 2.05) is 0 Å². The zero-order valence-corrected chi connectivity index (χ0v) is 16.5. The second-order valence-electron chi connectivity index (χ2n) is 6.66. The number of amides is 1. The summed E-state index contributed by atoms with van der Waals surface area (Å²) in [4.78, 5) is 39.6. The number of carboxylic acid groups (broad SMARTS) is 1. The number of carbonyl (C=O) groups is 3. The van der Waals surface area contributed by atoms with Crippen LogP contribution in [0.4, 0.5) is 0 Å². The number of aliphatic carboxylic acids is 1. The summed E-state index contributed by atoms with van der Waals surface area (Å²) in [6.45, 7) is 0. The first-order valence-electron chi connectivity index (χ1n) is 9.01. The Kier molecular flexibility index (Phi) is 6.43. The van der Waals surface area contributed by atoms with Crippen LogP contribution in [0, 0.1) is 0 Å². The number of ether oxygens (including phenoxy) is 1. The molecule has 3 N–H and O–H groups in total. The van der Waals surface area contributed by atoms with Crippen LogP contribution < -0.4 is 14.8 Å². The van der Waals surface area contributed by atoms with Crippen molar-refractivity contribution in [1.29, 1.82) is 0 Å². The zero-order chi connectivity index (χ0) is 21.7. The van der Waals surface area contributed by atoms with Gasteiger partial charge >= 0.3 is 11.9 Å². The monoisotopic (exact) mass is 433 g/mol. The van der Waals surface area contributed by atoms with E-state index in [1.54, 1.807) is 18.2 Å². The molecule has 1 saturated carbocycles. The molecule has 10 nitrogen and oxygen atoms in total. The Morgan fingerprint density at radius 2 is 1.87 bits per heavy atom. The number of carbonyl (C=O) groups excluding carboxylic acids is 2. The Balaban J connectivity index is 1.74. The Hall–Kier alpha value is -3.31. The Bertz CT molecular complexity index is 1050. The van der Waals surface area contributed by atoms with Crippen LogP contribution in [0.15, 0.2) is 53.7 Å². The van der Waals surface area contributed by atoms with Crippen molar-refractivity contribution in [2.24, 2.45) is 0 Å². The summed E-state index contributed by atoms with van der Waals surface area (Å²) in [6.07, 6.45) is 2.98. The Morgan fingerprint density at radius 3 is 2.50 bits per heavy atom. The second-order valence-corrected chi connectivity index (χ2v) is 8.38. The highest BCUT2D eigenvalue weighted by molar-refractivity contribution is 7.89. The summed E-state index contributed by atoms with van der Waals surface area (Å²) in [5, 5.41) is 11.3. The van der Waals surface area contributed by atoms with Gasteiger partial charge in [-0.25, -0.2) is 17.9 Å². The van der Waals surface area contributed by atoms with Crippen LogP contribution in [-0.4, -0.2) is 48.4 Å². The van der Waals surface area contributed by atoms with Gasteiger partial charge in [0.1, 0.15) is 16.7 Å². The predicted molar refractivity (Wildman–Crippen MR) is 103 cm³/mol. The molecule has 1 aromatic heterocycles. The molecule has 1 fully saturated rings. The van der Waals surface area contributed by atoms with Crippen LogP contribution in [0.1, 0.15) is 29.6 Å². The number of benzene rings is 1. The van der Waals surface area contributed by atoms with E-state index in [9.17, 15) is 22.8 Å². The Labute approximate surface area is 172 Å². The van der Waals surface area contributed by atoms with E-state index in [0.717, 1.165) is 31.3 Å². The number of rotatable bonds is 9. The predicted octanol–water partition coefficient (Wildman–Crippen LogP) is 0.701. The quantitative estimate of drug-likeness (QED) is 0.386. The van der Waals surface area contributed by atoms with Crippen molar-refractivity contribution in [3.63, 3.8) is 0 Å². The second kappa shape index (κ2) is 9.01. The number of esters is 1. The lowest BCUT2D eigenvalue weighted by atomic mass is 10.2. The van der Waals surface area contributed by atoms with E-state index in [1.165, 1.54) is 12.1 Å². The van der Waals surface area contributed by atoms with Gasteiger partial charge in [-0.2, -0.15) is 0 Å². The summed E-state index contributed by atoms with van der Waals surface area (Å²) < 4.78 is 32.2. The summed E-state index contributed by atoms with van der Waals surface area (Å²) >= 11 is 0. The maximum atomic E-state index is 12.5. The molecule has 0 unspecified atom stereocenters. The third-order valence-corrected chi connectivity index (χ3v) is 5.60. The highest BCUT2D eigenvalue weighted by Crippen LogP contribution is 2.22. The number of carboxylic acids is 1. The molecule has 0 bridgehead atoms. The fraction of sp³-hybridized carbons (Fsp3) is 0.263. The molecule has 2 aromatic rings. The van der Waals surface area contributed by atoms with Crippen LogP contribution in [0.25, 0.3) is 0 Å². The lowest BCUT2D eigenvalue weighted by Gasteiger charge is -2.16. The fourth-order valence-corrected chi connectivity index (χ4v) is 3.76. The number of para-hydroxylation sites is 1. The van der Waals surface area contributed by atoms with Gasteiger partial charge in [0.2, 0.25) is 10.0 Å². The molecule has 1 amide bonds. The molecule has 0 spiro atoms. The van der Waals surface area contributed by atoms with Crippen molar-refractivity contribution in [3.8, 4) is 5.75 Å². The van der Waals surface area contributed by atoms with Crippen molar-refractivity contribution in [1.82, 2.24) is 15.0 Å². The molecule has 1 aliphatic carbocycles. The van der Waals surface area contributed by atoms with E-state index < -0.39 is 40.3 Å². The number of hydrogen-bond donors (Lipinski definition) is 3. The minimum absolute atomic E-state index is 0.125. The third kappa shape index (κ3) is 5.84. The van der Waals surface area contributed by atoms with Crippen molar-refractivity contribution >= 4 is 27.9 Å². The lowest BCUT2D eigenvalue weighted by molar-refractivity contribution is -0.144. The van der Waals surface area contributed by atoms with Crippen molar-refractivity contribution < 1.29 is 32.6 Å². The first-order chi connectivity index (χ1) is 14.2. The molecule has 11 heteroatoms. The molecule has 1 aliphatic rings. The average molecular weight is 433 g/mol. The summed E-state index contributed by atoms with van der Waals surface area (Å²) in [7, 11) is -3.84. The number of nitrogens with zero attached hydrogens (tertiary/aromatic N) is 1. The van der Waals surface area contributed by atoms with Crippen LogP contribution in [-0.2, 0) is 19.6 Å². The number of hydrogen-bond acceptors (Lipinski definition) is 7. The molecule has 1 atom stereocenters. The molecule has 0 saturated heterocycles. The van der Waals surface area contributed by atoms with E-state index in [-0.39, 0.29) is 22.3 Å². The van der Waals surface area contributed by atoms with E-state index in [2.05, 4.69) is 15.0 Å². The molecule has 30 heavy (non-hydrogen) atoms. The van der Waals surface area contributed by atoms with E-state index in [0.29, 0.717) is 0 Å². The van der Waals surface area contributed by atoms with Gasteiger partial charge in [-0.1, -0.05) is 18.2 Å². The molecule has 0 aliphatic heterocycles. The van der Waals surface area contributed by atoms with Gasteiger partial charge < -0.3 is 15.2 Å². The van der Waals surface area contributed by atoms with Gasteiger partial charge in [0.25, 0.3) is 5.91 Å². The minimum Gasteiger partial charge on any atom is -0.481 e. The van der Waals surface area contributed by atoms with Gasteiger partial charge in [0.05, 0.1) is 12.0 Å². The fourth-order valence-electron chi connectivity index (χ4n) is 2.46. The van der Waals surface area contributed by atoms with Crippen molar-refractivity contribution in [3.05, 3.63) is 54.4 Å². The SMILES string of the molecule is O=C(O)C[C@H](NC(=O)c1cncc(S(=O)(=O)NC2CC2)c1)C(=O)Oc1ccccc1. The lowest BCUT2D eigenvalue weighted by Crippen LogP contribution is -2.44. The highest BCUT2D eigenvalue weighted by Gasteiger charge is 2.30. The van der Waals surface area contributed by atoms with Crippen LogP contribution in [0.3, 0.4) is 0 Å². The Morgan fingerprint density at radius 1 is 1.17 bits per heavy atom. The van der Waals surface area contributed by atoms with Crippen molar-refractivity contribution in [2.45, 2.75) is 36.2 Å². The van der Waals surface area contributed by atoms with E-state index >= 15 is 0 Å². The smallest absolute Gasteiger partial charge is 0.334 e. The largest absolute Gasteiger partial charge is 0.481 e. The number of pyridine rings is 1. The zero-order valence-electron chi connectivity index (χ0n) is 15.6. The van der Waals surface area contributed by atoms with Gasteiger partial charge in [-0.3, -0.25) is 14.6 Å². The van der Waals surface area contributed by atoms with Gasteiger partial charge in [-0.15, -0.1) is 0 Å². The summed E-state index contributed by atoms with van der Waals surface area (Å²) in [5.74, 6) is -2.97. The molecule has 158 valence electrons. The van der Waals surface area contributed by atoms with Crippen LogP contribution >= 0.6 is 0 Å². The maximum absolute atomic E-state index is 12.5. The van der Waals surface area contributed by atoms with Crippen LogP contribution in [0.2, 0.25) is 0 Å². The standard InChI is InChI=1S/C19H19N3O7S/c23-17(24)9-16(19(26)29-14-4-2-1-3-5-14)21-18(25)12-8-15(11-20-10-12)30(27,28)22-13-6-7-13/h1-5,8,10-11,13,16,22H,6-7,9H2,(H,21,25)(H,23,24)/t16-/m0/s1. The number of aromatic nitrogens is 1. The first kappa shape index (κ1) is 21.4. The third-order valence-electron chi connectivity index (χ3n) is 4.12. The molecular weight excluding hydrogens is 414 g/mol. The van der Waals surface area contributed by atoms with Crippen LogP contribution in [0.5, 0.6) is 5.75 Å². The molecule has 1 heterocycles. The molecule has 3 rings (SSSR count). The maximum Gasteiger partial charge on any atom is 0.334 e.